The summed E-state index contributed by atoms with van der Waals surface area (Å²) in [5.41, 5.74) is 10.3. The van der Waals surface area contributed by atoms with E-state index in [1.165, 1.54) is 12.1 Å². The average Bonchev–Trinajstić information content (AvgIpc) is 2.61. The molecule has 1 aliphatic rings. The lowest BCUT2D eigenvalue weighted by atomic mass is 9.95. The van der Waals surface area contributed by atoms with E-state index in [1.807, 2.05) is 42.5 Å². The molecule has 4 rings (SSSR count). The minimum Gasteiger partial charge on any atom is -0.399 e. The van der Waals surface area contributed by atoms with E-state index in [0.29, 0.717) is 17.9 Å². The molecule has 3 aromatic rings. The third-order valence-corrected chi connectivity index (χ3v) is 4.16. The first-order chi connectivity index (χ1) is 12.1. The van der Waals surface area contributed by atoms with Gasteiger partial charge in [-0.25, -0.2) is 8.78 Å². The lowest BCUT2D eigenvalue weighted by Gasteiger charge is -2.28. The fourth-order valence-corrected chi connectivity index (χ4v) is 2.99. The van der Waals surface area contributed by atoms with Crippen LogP contribution in [0.3, 0.4) is 0 Å². The molecular weight excluding hydrogens is 320 g/mol. The summed E-state index contributed by atoms with van der Waals surface area (Å²) in [6.07, 6.45) is 0. The Morgan fingerprint density at radius 1 is 0.920 bits per heavy atom. The molecule has 5 heteroatoms. The summed E-state index contributed by atoms with van der Waals surface area (Å²) < 4.78 is 27.5. The smallest absolute Gasteiger partial charge is 0.151 e. The molecular formula is C20H15F2N3. The third-order valence-electron chi connectivity index (χ3n) is 4.16. The number of rotatable bonds is 2. The van der Waals surface area contributed by atoms with Crippen molar-refractivity contribution in [3.63, 3.8) is 0 Å². The molecule has 0 bridgehead atoms. The molecule has 3 aromatic carbocycles. The normalized spacial score (nSPS) is 13.4. The molecule has 3 nitrogen and oxygen atoms in total. The van der Waals surface area contributed by atoms with Crippen molar-refractivity contribution in [2.24, 2.45) is 5.10 Å². The predicted octanol–water partition coefficient (Wildman–Crippen LogP) is 4.32. The van der Waals surface area contributed by atoms with E-state index in [9.17, 15) is 8.78 Å². The molecule has 0 fully saturated rings. The van der Waals surface area contributed by atoms with Crippen LogP contribution in [-0.2, 0) is 6.54 Å². The van der Waals surface area contributed by atoms with Gasteiger partial charge in [0.25, 0.3) is 0 Å². The Morgan fingerprint density at radius 3 is 2.56 bits per heavy atom. The molecule has 0 unspecified atom stereocenters. The summed E-state index contributed by atoms with van der Waals surface area (Å²) in [5, 5.41) is 6.18. The molecule has 0 saturated heterocycles. The highest BCUT2D eigenvalue weighted by molar-refractivity contribution is 6.15. The minimum absolute atomic E-state index is 0.234. The number of nitrogens with two attached hydrogens (primary N) is 1. The Balaban J connectivity index is 1.87. The maximum atomic E-state index is 14.2. The summed E-state index contributed by atoms with van der Waals surface area (Å²) in [4.78, 5) is 0. The lowest BCUT2D eigenvalue weighted by Crippen LogP contribution is -2.27. The zero-order valence-electron chi connectivity index (χ0n) is 13.3. The van der Waals surface area contributed by atoms with Crippen molar-refractivity contribution in [2.75, 3.05) is 10.7 Å². The van der Waals surface area contributed by atoms with Crippen molar-refractivity contribution in [3.05, 3.63) is 95.1 Å². The van der Waals surface area contributed by atoms with Gasteiger partial charge in [0.1, 0.15) is 5.82 Å². The van der Waals surface area contributed by atoms with Gasteiger partial charge in [0.05, 0.1) is 17.9 Å². The second-order valence-electron chi connectivity index (χ2n) is 5.88. The van der Waals surface area contributed by atoms with Crippen LogP contribution in [0.1, 0.15) is 16.7 Å². The van der Waals surface area contributed by atoms with E-state index < -0.39 is 11.6 Å². The number of benzene rings is 3. The standard InChI is InChI=1S/C20H15F2N3/c21-15-8-9-19(18(22)11-15)25-12-14-4-1-2-7-17(14)20(24-25)13-5-3-6-16(23)10-13/h1-11H,12,23H2. The van der Waals surface area contributed by atoms with Gasteiger partial charge < -0.3 is 5.73 Å². The Morgan fingerprint density at radius 2 is 1.76 bits per heavy atom. The molecule has 0 spiro atoms. The topological polar surface area (TPSA) is 41.6 Å². The number of anilines is 2. The number of halogens is 2. The molecule has 0 amide bonds. The van der Waals surface area contributed by atoms with Crippen LogP contribution in [-0.4, -0.2) is 5.71 Å². The Labute approximate surface area is 144 Å². The van der Waals surface area contributed by atoms with Gasteiger partial charge in [-0.2, -0.15) is 5.10 Å². The van der Waals surface area contributed by atoms with Crippen molar-refractivity contribution < 1.29 is 8.78 Å². The van der Waals surface area contributed by atoms with Gasteiger partial charge in [-0.3, -0.25) is 5.01 Å². The second kappa shape index (κ2) is 6.02. The van der Waals surface area contributed by atoms with Gasteiger partial charge in [0.2, 0.25) is 0 Å². The number of hydrazone groups is 1. The average molecular weight is 335 g/mol. The Kier molecular flexibility index (Phi) is 3.69. The SMILES string of the molecule is Nc1cccc(C2=NN(c3ccc(F)cc3F)Cc3ccccc32)c1. The van der Waals surface area contributed by atoms with Crippen LogP contribution in [0.2, 0.25) is 0 Å². The van der Waals surface area contributed by atoms with E-state index in [2.05, 4.69) is 5.10 Å². The van der Waals surface area contributed by atoms with Crippen molar-refractivity contribution in [2.45, 2.75) is 6.54 Å². The first-order valence-corrected chi connectivity index (χ1v) is 7.87. The number of nitrogens with zero attached hydrogens (tertiary/aromatic N) is 2. The molecule has 0 aliphatic carbocycles. The first-order valence-electron chi connectivity index (χ1n) is 7.87. The summed E-state index contributed by atoms with van der Waals surface area (Å²) in [5.74, 6) is -1.26. The van der Waals surface area contributed by atoms with Gasteiger partial charge in [-0.15, -0.1) is 0 Å². The number of hydrogen-bond donors (Lipinski definition) is 1. The van der Waals surface area contributed by atoms with Crippen molar-refractivity contribution >= 4 is 17.1 Å². The fourth-order valence-electron chi connectivity index (χ4n) is 2.99. The van der Waals surface area contributed by atoms with Crippen LogP contribution < -0.4 is 10.7 Å². The number of fused-ring (bicyclic) bond motifs is 1. The van der Waals surface area contributed by atoms with Crippen molar-refractivity contribution in [1.29, 1.82) is 0 Å². The van der Waals surface area contributed by atoms with E-state index in [0.717, 1.165) is 22.8 Å². The zero-order chi connectivity index (χ0) is 17.4. The minimum atomic E-state index is -0.643. The molecule has 1 heterocycles. The molecule has 1 aliphatic heterocycles. The molecule has 25 heavy (non-hydrogen) atoms. The lowest BCUT2D eigenvalue weighted by molar-refractivity contribution is 0.578. The maximum Gasteiger partial charge on any atom is 0.151 e. The van der Waals surface area contributed by atoms with Gasteiger partial charge >= 0.3 is 0 Å². The summed E-state index contributed by atoms with van der Waals surface area (Å²) in [6.45, 7) is 0.407. The van der Waals surface area contributed by atoms with Crippen LogP contribution in [0, 0.1) is 11.6 Å². The fraction of sp³-hybridized carbons (Fsp3) is 0.0500. The molecule has 0 saturated carbocycles. The highest BCUT2D eigenvalue weighted by Gasteiger charge is 2.23. The van der Waals surface area contributed by atoms with Crippen LogP contribution >= 0.6 is 0 Å². The van der Waals surface area contributed by atoms with Crippen molar-refractivity contribution in [1.82, 2.24) is 0 Å². The predicted molar refractivity (Wildman–Crippen MR) is 95.5 cm³/mol. The van der Waals surface area contributed by atoms with E-state index >= 15 is 0 Å². The second-order valence-corrected chi connectivity index (χ2v) is 5.88. The first kappa shape index (κ1) is 15.3. The summed E-state index contributed by atoms with van der Waals surface area (Å²) in [6, 6.07) is 18.7. The van der Waals surface area contributed by atoms with E-state index in [-0.39, 0.29) is 5.69 Å². The molecule has 0 atom stereocenters. The molecule has 0 radical (unpaired) electrons. The quantitative estimate of drug-likeness (QED) is 0.709. The largest absolute Gasteiger partial charge is 0.399 e. The number of nitrogen functional groups attached to an aromatic ring is 1. The van der Waals surface area contributed by atoms with Crippen molar-refractivity contribution in [3.8, 4) is 0 Å². The van der Waals surface area contributed by atoms with Gasteiger partial charge in [-0.1, -0.05) is 36.4 Å². The van der Waals surface area contributed by atoms with Crippen LogP contribution in [0.25, 0.3) is 0 Å². The highest BCUT2D eigenvalue weighted by atomic mass is 19.1. The highest BCUT2D eigenvalue weighted by Crippen LogP contribution is 2.29. The zero-order valence-corrected chi connectivity index (χ0v) is 13.3. The Bertz CT molecular complexity index is 982. The molecule has 0 aromatic heterocycles. The summed E-state index contributed by atoms with van der Waals surface area (Å²) >= 11 is 0. The van der Waals surface area contributed by atoms with Gasteiger partial charge in [0, 0.05) is 22.9 Å². The van der Waals surface area contributed by atoms with E-state index in [4.69, 9.17) is 5.73 Å². The monoisotopic (exact) mass is 335 g/mol. The van der Waals surface area contributed by atoms with Crippen LogP contribution in [0.15, 0.2) is 71.8 Å². The van der Waals surface area contributed by atoms with Gasteiger partial charge in [-0.05, 0) is 29.8 Å². The van der Waals surface area contributed by atoms with Crippen LogP contribution in [0.5, 0.6) is 0 Å². The van der Waals surface area contributed by atoms with Gasteiger partial charge in [0.15, 0.2) is 5.82 Å². The Hall–Kier alpha value is -3.21. The third kappa shape index (κ3) is 2.85. The van der Waals surface area contributed by atoms with Crippen LogP contribution in [0.4, 0.5) is 20.2 Å². The maximum absolute atomic E-state index is 14.2. The molecule has 124 valence electrons. The molecule has 2 N–H and O–H groups in total. The number of hydrogen-bond acceptors (Lipinski definition) is 3. The van der Waals surface area contributed by atoms with E-state index in [1.54, 1.807) is 11.1 Å². The summed E-state index contributed by atoms with van der Waals surface area (Å²) in [7, 11) is 0.